The number of halogens is 3. The van der Waals surface area contributed by atoms with Gasteiger partial charge in [-0.2, -0.15) is 13.2 Å². The maximum atomic E-state index is 13.1. The van der Waals surface area contributed by atoms with Gasteiger partial charge in [-0.25, -0.2) is 8.42 Å². The summed E-state index contributed by atoms with van der Waals surface area (Å²) in [5, 5.41) is 12.7. The van der Waals surface area contributed by atoms with E-state index in [0.717, 1.165) is 11.3 Å². The topological polar surface area (TPSA) is 109 Å². The Balaban J connectivity index is 1.44. The maximum Gasteiger partial charge on any atom is 0.394 e. The van der Waals surface area contributed by atoms with E-state index in [0.29, 0.717) is 30.6 Å². The molecule has 0 bridgehead atoms. The van der Waals surface area contributed by atoms with Gasteiger partial charge in [0.25, 0.3) is 5.91 Å². The molecule has 0 saturated carbocycles. The minimum atomic E-state index is -4.25. The highest BCUT2D eigenvalue weighted by Gasteiger charge is 2.43. The molecule has 2 aliphatic heterocycles. The van der Waals surface area contributed by atoms with Gasteiger partial charge in [-0.15, -0.1) is 0 Å². The Hall–Kier alpha value is -2.54. The standard InChI is InChI=1S/C28H36F3N3O5S/c1-4-40(37,38)23-9-5-18(6-10-23)24(15-35)33-27(36)19-11-20-13-34(26(17(2)3)25(20)32-12-19)14-22-8-7-21(16-39-22)28(29,30)31/h5-6,9-12,17,21-22,24,26,35H,4,7-8,13-16H2,1-3H3,(H,33,36)/t21-,22-,24+,26+/m1/s1. The van der Waals surface area contributed by atoms with E-state index in [1.54, 1.807) is 25.1 Å². The molecule has 2 aromatic rings. The first-order valence-electron chi connectivity index (χ1n) is 13.5. The van der Waals surface area contributed by atoms with Crippen molar-refractivity contribution >= 4 is 15.7 Å². The predicted octanol–water partition coefficient (Wildman–Crippen LogP) is 4.21. The zero-order valence-electron chi connectivity index (χ0n) is 22.8. The Morgan fingerprint density at radius 2 is 1.93 bits per heavy atom. The van der Waals surface area contributed by atoms with Crippen LogP contribution in [0.2, 0.25) is 0 Å². The van der Waals surface area contributed by atoms with Crippen molar-refractivity contribution in [2.24, 2.45) is 11.8 Å². The summed E-state index contributed by atoms with van der Waals surface area (Å²) in [6.45, 7) is 5.92. The quantitative estimate of drug-likeness (QED) is 0.455. The molecule has 1 aromatic heterocycles. The molecular formula is C28H36F3N3O5S. The lowest BCUT2D eigenvalue weighted by Crippen LogP contribution is -2.41. The normalized spacial score (nSPS) is 22.8. The van der Waals surface area contributed by atoms with E-state index in [-0.39, 0.29) is 48.3 Å². The monoisotopic (exact) mass is 583 g/mol. The summed E-state index contributed by atoms with van der Waals surface area (Å²) >= 11 is 0. The van der Waals surface area contributed by atoms with Gasteiger partial charge in [-0.1, -0.05) is 32.9 Å². The number of benzene rings is 1. The smallest absolute Gasteiger partial charge is 0.394 e. The van der Waals surface area contributed by atoms with Gasteiger partial charge in [0.1, 0.15) is 0 Å². The number of fused-ring (bicyclic) bond motifs is 1. The Morgan fingerprint density at radius 3 is 2.48 bits per heavy atom. The van der Waals surface area contributed by atoms with E-state index in [1.165, 1.54) is 18.3 Å². The summed E-state index contributed by atoms with van der Waals surface area (Å²) in [4.78, 5) is 20.0. The molecule has 1 saturated heterocycles. The third-order valence-corrected chi connectivity index (χ3v) is 9.47. The highest BCUT2D eigenvalue weighted by atomic mass is 32.2. The summed E-state index contributed by atoms with van der Waals surface area (Å²) in [7, 11) is -3.37. The summed E-state index contributed by atoms with van der Waals surface area (Å²) in [5.41, 5.74) is 2.58. The zero-order chi connectivity index (χ0) is 29.2. The molecule has 1 amide bonds. The first-order valence-corrected chi connectivity index (χ1v) is 15.1. The van der Waals surface area contributed by atoms with Gasteiger partial charge in [0.15, 0.2) is 9.84 Å². The number of aliphatic hydroxyl groups excluding tert-OH is 1. The predicted molar refractivity (Wildman–Crippen MR) is 142 cm³/mol. The highest BCUT2D eigenvalue weighted by Crippen LogP contribution is 2.39. The maximum absolute atomic E-state index is 13.1. The minimum absolute atomic E-state index is 0.0286. The van der Waals surface area contributed by atoms with E-state index in [9.17, 15) is 31.5 Å². The Morgan fingerprint density at radius 1 is 1.23 bits per heavy atom. The van der Waals surface area contributed by atoms with Crippen molar-refractivity contribution in [1.82, 2.24) is 15.2 Å². The minimum Gasteiger partial charge on any atom is -0.394 e. The van der Waals surface area contributed by atoms with Crippen LogP contribution in [0.15, 0.2) is 41.4 Å². The summed E-state index contributed by atoms with van der Waals surface area (Å²) in [6, 6.07) is 7.02. The molecule has 8 nitrogen and oxygen atoms in total. The fourth-order valence-corrected chi connectivity index (χ4v) is 6.35. The van der Waals surface area contributed by atoms with Crippen LogP contribution in [0.25, 0.3) is 0 Å². The van der Waals surface area contributed by atoms with Crippen LogP contribution in [0, 0.1) is 11.8 Å². The van der Waals surface area contributed by atoms with Gasteiger partial charge in [0, 0.05) is 19.3 Å². The fraction of sp³-hybridized carbons (Fsp3) is 0.571. The van der Waals surface area contributed by atoms with Crippen LogP contribution in [-0.4, -0.2) is 67.1 Å². The number of hydrogen-bond acceptors (Lipinski definition) is 7. The fourth-order valence-electron chi connectivity index (χ4n) is 5.46. The van der Waals surface area contributed by atoms with E-state index in [2.05, 4.69) is 29.0 Å². The zero-order valence-corrected chi connectivity index (χ0v) is 23.6. The van der Waals surface area contributed by atoms with Crippen LogP contribution in [0.4, 0.5) is 13.2 Å². The van der Waals surface area contributed by atoms with Crippen molar-refractivity contribution in [1.29, 1.82) is 0 Å². The molecule has 2 N–H and O–H groups in total. The van der Waals surface area contributed by atoms with Crippen LogP contribution >= 0.6 is 0 Å². The van der Waals surface area contributed by atoms with Crippen molar-refractivity contribution in [3.05, 3.63) is 58.9 Å². The molecule has 2 aliphatic rings. The Labute approximate surface area is 232 Å². The van der Waals surface area contributed by atoms with Crippen LogP contribution in [0.5, 0.6) is 0 Å². The molecule has 0 unspecified atom stereocenters. The number of sulfone groups is 1. The lowest BCUT2D eigenvalue weighted by atomic mass is 9.96. The van der Waals surface area contributed by atoms with E-state index in [4.69, 9.17) is 4.74 Å². The number of amides is 1. The van der Waals surface area contributed by atoms with Gasteiger partial charge < -0.3 is 15.2 Å². The molecule has 12 heteroatoms. The second kappa shape index (κ2) is 12.1. The number of carbonyl (C=O) groups excluding carboxylic acids is 1. The molecule has 4 rings (SSSR count). The van der Waals surface area contributed by atoms with Gasteiger partial charge in [-0.05, 0) is 48.1 Å². The molecule has 0 spiro atoms. The SMILES string of the molecule is CCS(=O)(=O)c1ccc([C@H](CO)NC(=O)c2cnc3c(c2)CN(C[C@H]2CC[C@@H](C(F)(F)F)CO2)[C@H]3C(C)C)cc1. The second-order valence-electron chi connectivity index (χ2n) is 10.8. The van der Waals surface area contributed by atoms with Gasteiger partial charge in [0.2, 0.25) is 0 Å². The average Bonchev–Trinajstić information content (AvgIpc) is 3.28. The van der Waals surface area contributed by atoms with Crippen molar-refractivity contribution in [2.45, 2.75) is 69.4 Å². The number of nitrogens with one attached hydrogen (secondary N) is 1. The van der Waals surface area contributed by atoms with Gasteiger partial charge in [0.05, 0.1) is 59.2 Å². The van der Waals surface area contributed by atoms with Crippen molar-refractivity contribution in [3.63, 3.8) is 0 Å². The molecule has 1 aromatic carbocycles. The Bertz CT molecular complexity index is 1290. The van der Waals surface area contributed by atoms with Crippen LogP contribution in [0.1, 0.15) is 72.9 Å². The molecule has 220 valence electrons. The number of aromatic nitrogens is 1. The number of nitrogens with zero attached hydrogens (tertiary/aromatic N) is 2. The molecule has 40 heavy (non-hydrogen) atoms. The lowest BCUT2D eigenvalue weighted by molar-refractivity contribution is -0.209. The summed E-state index contributed by atoms with van der Waals surface area (Å²) in [5.74, 6) is -1.71. The second-order valence-corrected chi connectivity index (χ2v) is 13.1. The third kappa shape index (κ3) is 6.67. The number of ether oxygens (including phenoxy) is 1. The molecular weight excluding hydrogens is 547 g/mol. The van der Waals surface area contributed by atoms with E-state index >= 15 is 0 Å². The van der Waals surface area contributed by atoms with Gasteiger partial charge in [-0.3, -0.25) is 14.7 Å². The van der Waals surface area contributed by atoms with Crippen molar-refractivity contribution in [2.75, 3.05) is 25.5 Å². The number of hydrogen-bond donors (Lipinski definition) is 2. The van der Waals surface area contributed by atoms with E-state index in [1.807, 2.05) is 0 Å². The molecule has 1 fully saturated rings. The average molecular weight is 584 g/mol. The molecule has 0 radical (unpaired) electrons. The van der Waals surface area contributed by atoms with Crippen molar-refractivity contribution in [3.8, 4) is 0 Å². The highest BCUT2D eigenvalue weighted by molar-refractivity contribution is 7.91. The van der Waals surface area contributed by atoms with E-state index < -0.39 is 33.9 Å². The summed E-state index contributed by atoms with van der Waals surface area (Å²) < 4.78 is 68.8. The Kier molecular flexibility index (Phi) is 9.23. The van der Waals surface area contributed by atoms with Crippen LogP contribution < -0.4 is 5.32 Å². The van der Waals surface area contributed by atoms with Gasteiger partial charge >= 0.3 is 6.18 Å². The van der Waals surface area contributed by atoms with Crippen LogP contribution in [0.3, 0.4) is 0 Å². The number of carbonyl (C=O) groups is 1. The van der Waals surface area contributed by atoms with Crippen molar-refractivity contribution < 1.29 is 36.2 Å². The van der Waals surface area contributed by atoms with Crippen LogP contribution in [-0.2, 0) is 21.1 Å². The first kappa shape index (κ1) is 30.4. The molecule has 3 heterocycles. The lowest BCUT2D eigenvalue weighted by Gasteiger charge is -2.35. The number of aliphatic hydroxyl groups is 1. The number of pyridine rings is 1. The molecule has 4 atom stereocenters. The number of alkyl halides is 3. The largest absolute Gasteiger partial charge is 0.394 e. The molecule has 0 aliphatic carbocycles. The summed E-state index contributed by atoms with van der Waals surface area (Å²) in [6.07, 6.45) is -2.68. The third-order valence-electron chi connectivity index (χ3n) is 7.72. The number of rotatable bonds is 9. The first-order chi connectivity index (χ1) is 18.8.